The SMILES string of the molecule is O=C1CC(c2ccc(-c3ccccc3C(=O)O)o2)c2cc3c(cc2O1)OCO3. The van der Waals surface area contributed by atoms with Gasteiger partial charge in [0.1, 0.15) is 17.3 Å². The summed E-state index contributed by atoms with van der Waals surface area (Å²) in [6.07, 6.45) is 0.111. The van der Waals surface area contributed by atoms with Crippen LogP contribution in [-0.2, 0) is 4.79 Å². The summed E-state index contributed by atoms with van der Waals surface area (Å²) in [7, 11) is 0. The smallest absolute Gasteiger partial charge is 0.336 e. The molecule has 0 bridgehead atoms. The molecule has 0 radical (unpaired) electrons. The van der Waals surface area contributed by atoms with Gasteiger partial charge in [-0.1, -0.05) is 18.2 Å². The van der Waals surface area contributed by atoms with E-state index in [1.807, 2.05) is 0 Å². The molecule has 0 saturated heterocycles. The number of rotatable bonds is 3. The van der Waals surface area contributed by atoms with Crippen LogP contribution in [0.5, 0.6) is 17.2 Å². The van der Waals surface area contributed by atoms with Crippen LogP contribution in [-0.4, -0.2) is 23.8 Å². The first kappa shape index (κ1) is 16.4. The third-order valence-corrected chi connectivity index (χ3v) is 4.87. The molecule has 2 aliphatic rings. The Morgan fingerprint density at radius 1 is 1.00 bits per heavy atom. The monoisotopic (exact) mass is 378 g/mol. The fourth-order valence-corrected chi connectivity index (χ4v) is 3.56. The fourth-order valence-electron chi connectivity index (χ4n) is 3.56. The summed E-state index contributed by atoms with van der Waals surface area (Å²) in [4.78, 5) is 23.6. The van der Waals surface area contributed by atoms with Gasteiger partial charge in [0.15, 0.2) is 11.5 Å². The second-order valence-corrected chi connectivity index (χ2v) is 6.53. The van der Waals surface area contributed by atoms with Crippen LogP contribution in [0.4, 0.5) is 0 Å². The number of carboxylic acids is 1. The number of furan rings is 1. The number of benzene rings is 2. The van der Waals surface area contributed by atoms with Crippen molar-refractivity contribution in [1.82, 2.24) is 0 Å². The largest absolute Gasteiger partial charge is 0.478 e. The highest BCUT2D eigenvalue weighted by atomic mass is 16.7. The van der Waals surface area contributed by atoms with E-state index in [4.69, 9.17) is 18.6 Å². The minimum atomic E-state index is -1.03. The van der Waals surface area contributed by atoms with Crippen LogP contribution < -0.4 is 14.2 Å². The van der Waals surface area contributed by atoms with Crippen LogP contribution in [0.2, 0.25) is 0 Å². The molecule has 3 aromatic rings. The van der Waals surface area contributed by atoms with Crippen LogP contribution in [0.1, 0.15) is 34.0 Å². The van der Waals surface area contributed by atoms with E-state index in [9.17, 15) is 14.7 Å². The van der Waals surface area contributed by atoms with Gasteiger partial charge in [-0.2, -0.15) is 0 Å². The summed E-state index contributed by atoms with van der Waals surface area (Å²) in [6, 6.07) is 13.5. The molecule has 7 heteroatoms. The minimum Gasteiger partial charge on any atom is -0.478 e. The molecule has 1 N–H and O–H groups in total. The molecule has 0 fully saturated rings. The van der Waals surface area contributed by atoms with Crippen molar-refractivity contribution in [3.8, 4) is 28.6 Å². The van der Waals surface area contributed by atoms with Gasteiger partial charge in [0.25, 0.3) is 0 Å². The number of hydrogen-bond acceptors (Lipinski definition) is 6. The second kappa shape index (κ2) is 6.16. The quantitative estimate of drug-likeness (QED) is 0.547. The lowest BCUT2D eigenvalue weighted by molar-refractivity contribution is -0.135. The molecule has 1 atom stereocenters. The highest BCUT2D eigenvalue weighted by molar-refractivity contribution is 5.95. The molecule has 0 spiro atoms. The van der Waals surface area contributed by atoms with Gasteiger partial charge in [0.05, 0.1) is 17.9 Å². The molecule has 2 aromatic carbocycles. The summed E-state index contributed by atoms with van der Waals surface area (Å²) in [5.41, 5.74) is 1.39. The van der Waals surface area contributed by atoms with Gasteiger partial charge >= 0.3 is 11.9 Å². The Kier molecular flexibility index (Phi) is 3.61. The van der Waals surface area contributed by atoms with Crippen molar-refractivity contribution in [2.45, 2.75) is 12.3 Å². The summed E-state index contributed by atoms with van der Waals surface area (Å²) >= 11 is 0. The Labute approximate surface area is 159 Å². The van der Waals surface area contributed by atoms with E-state index in [2.05, 4.69) is 0 Å². The van der Waals surface area contributed by atoms with Gasteiger partial charge in [0, 0.05) is 17.2 Å². The Morgan fingerprint density at radius 3 is 2.61 bits per heavy atom. The van der Waals surface area contributed by atoms with Crippen LogP contribution in [0, 0.1) is 0 Å². The van der Waals surface area contributed by atoms with Gasteiger partial charge < -0.3 is 23.7 Å². The molecular formula is C21H14O7. The molecule has 2 aliphatic heterocycles. The standard InChI is InChI=1S/C21H14O7/c22-20-8-14(13-7-18-19(26-10-25-18)9-17(13)28-20)16-6-5-15(27-16)11-3-1-2-4-12(11)21(23)24/h1-7,9,14H,8,10H2,(H,23,24). The lowest BCUT2D eigenvalue weighted by Crippen LogP contribution is -2.20. The zero-order valence-corrected chi connectivity index (χ0v) is 14.5. The van der Waals surface area contributed by atoms with Crippen molar-refractivity contribution in [1.29, 1.82) is 0 Å². The molecule has 140 valence electrons. The Bertz CT molecular complexity index is 1110. The zero-order valence-electron chi connectivity index (χ0n) is 14.5. The maximum absolute atomic E-state index is 12.1. The topological polar surface area (TPSA) is 95.2 Å². The predicted molar refractivity (Wildman–Crippen MR) is 95.8 cm³/mol. The van der Waals surface area contributed by atoms with E-state index in [0.29, 0.717) is 34.3 Å². The number of fused-ring (bicyclic) bond motifs is 2. The number of carboxylic acid groups (broad SMARTS) is 1. The highest BCUT2D eigenvalue weighted by Gasteiger charge is 2.33. The lowest BCUT2D eigenvalue weighted by Gasteiger charge is -2.23. The van der Waals surface area contributed by atoms with E-state index < -0.39 is 5.97 Å². The van der Waals surface area contributed by atoms with Gasteiger partial charge in [-0.25, -0.2) is 4.79 Å². The summed E-state index contributed by atoms with van der Waals surface area (Å²) in [5, 5.41) is 9.41. The molecule has 5 rings (SSSR count). The molecule has 7 nitrogen and oxygen atoms in total. The summed E-state index contributed by atoms with van der Waals surface area (Å²) in [6.45, 7) is 0.119. The average molecular weight is 378 g/mol. The van der Waals surface area contributed by atoms with Crippen molar-refractivity contribution < 1.29 is 33.3 Å². The normalized spacial score (nSPS) is 17.1. The first-order valence-corrected chi connectivity index (χ1v) is 8.67. The summed E-state index contributed by atoms with van der Waals surface area (Å²) < 4.78 is 22.1. The predicted octanol–water partition coefficient (Wildman–Crippen LogP) is 3.81. The second-order valence-electron chi connectivity index (χ2n) is 6.53. The lowest BCUT2D eigenvalue weighted by atomic mass is 9.90. The number of ether oxygens (including phenoxy) is 3. The molecule has 3 heterocycles. The van der Waals surface area contributed by atoms with Gasteiger partial charge in [0.2, 0.25) is 6.79 Å². The van der Waals surface area contributed by atoms with Crippen molar-refractivity contribution >= 4 is 11.9 Å². The van der Waals surface area contributed by atoms with Crippen LogP contribution in [0.15, 0.2) is 52.9 Å². The number of esters is 1. The van der Waals surface area contributed by atoms with E-state index in [-0.39, 0.29) is 30.7 Å². The maximum Gasteiger partial charge on any atom is 0.336 e. The van der Waals surface area contributed by atoms with Crippen LogP contribution in [0.25, 0.3) is 11.3 Å². The molecule has 1 unspecified atom stereocenters. The van der Waals surface area contributed by atoms with E-state index >= 15 is 0 Å². The average Bonchev–Trinajstić information content (AvgIpc) is 3.35. The number of aromatic carboxylic acids is 1. The van der Waals surface area contributed by atoms with E-state index in [1.165, 1.54) is 6.07 Å². The first-order valence-electron chi connectivity index (χ1n) is 8.67. The van der Waals surface area contributed by atoms with Gasteiger partial charge in [-0.05, 0) is 24.3 Å². The zero-order chi connectivity index (χ0) is 19.3. The molecule has 0 amide bonds. The fraction of sp³-hybridized carbons (Fsp3) is 0.143. The number of carbonyl (C=O) groups excluding carboxylic acids is 1. The van der Waals surface area contributed by atoms with Crippen molar-refractivity contribution in [3.05, 3.63) is 65.4 Å². The van der Waals surface area contributed by atoms with Crippen molar-refractivity contribution in [3.63, 3.8) is 0 Å². The number of hydrogen-bond donors (Lipinski definition) is 1. The van der Waals surface area contributed by atoms with Gasteiger partial charge in [-0.3, -0.25) is 4.79 Å². The Morgan fingerprint density at radius 2 is 1.79 bits per heavy atom. The van der Waals surface area contributed by atoms with Crippen molar-refractivity contribution in [2.24, 2.45) is 0 Å². The maximum atomic E-state index is 12.1. The molecule has 0 aliphatic carbocycles. The first-order chi connectivity index (χ1) is 13.6. The van der Waals surface area contributed by atoms with Gasteiger partial charge in [-0.15, -0.1) is 0 Å². The highest BCUT2D eigenvalue weighted by Crippen LogP contribution is 2.46. The Balaban J connectivity index is 1.57. The minimum absolute atomic E-state index is 0.111. The van der Waals surface area contributed by atoms with E-state index in [0.717, 1.165) is 5.56 Å². The molecular weight excluding hydrogens is 364 g/mol. The molecule has 0 saturated carbocycles. The van der Waals surface area contributed by atoms with E-state index in [1.54, 1.807) is 42.5 Å². The Hall–Kier alpha value is -3.74. The molecule has 1 aromatic heterocycles. The molecule has 28 heavy (non-hydrogen) atoms. The summed E-state index contributed by atoms with van der Waals surface area (Å²) in [5.74, 6) is 0.729. The van der Waals surface area contributed by atoms with Crippen LogP contribution in [0.3, 0.4) is 0 Å². The van der Waals surface area contributed by atoms with Crippen molar-refractivity contribution in [2.75, 3.05) is 6.79 Å². The third-order valence-electron chi connectivity index (χ3n) is 4.87. The third kappa shape index (κ3) is 2.60. The van der Waals surface area contributed by atoms with Crippen LogP contribution >= 0.6 is 0 Å². The number of carbonyl (C=O) groups is 2.